The van der Waals surface area contributed by atoms with Crippen LogP contribution in [0.3, 0.4) is 0 Å². The summed E-state index contributed by atoms with van der Waals surface area (Å²) in [4.78, 5) is 32.8. The second-order valence-corrected chi connectivity index (χ2v) is 6.30. The van der Waals surface area contributed by atoms with Gasteiger partial charge in [-0.1, -0.05) is 12.1 Å². The van der Waals surface area contributed by atoms with E-state index in [0.717, 1.165) is 17.7 Å². The van der Waals surface area contributed by atoms with E-state index in [9.17, 15) is 9.59 Å². The quantitative estimate of drug-likeness (QED) is 0.843. The smallest absolute Gasteiger partial charge is 0.255 e. The van der Waals surface area contributed by atoms with E-state index in [1.54, 1.807) is 36.5 Å². The molecular weight excluding hydrogens is 330 g/mol. The fraction of sp³-hybridized carbons (Fsp3) is 0.350. The Morgan fingerprint density at radius 1 is 1.08 bits per heavy atom. The first-order chi connectivity index (χ1) is 12.7. The van der Waals surface area contributed by atoms with Crippen LogP contribution >= 0.6 is 0 Å². The van der Waals surface area contributed by atoms with Crippen molar-refractivity contribution in [3.8, 4) is 5.75 Å². The summed E-state index contributed by atoms with van der Waals surface area (Å²) in [7, 11) is 1.61. The van der Waals surface area contributed by atoms with Gasteiger partial charge in [0.2, 0.25) is 5.91 Å². The van der Waals surface area contributed by atoms with Crippen LogP contribution in [0.15, 0.2) is 48.8 Å². The molecule has 0 saturated carbocycles. The van der Waals surface area contributed by atoms with E-state index in [1.807, 2.05) is 29.2 Å². The Kier molecular flexibility index (Phi) is 5.84. The Labute approximate surface area is 153 Å². The van der Waals surface area contributed by atoms with Crippen LogP contribution in [0.4, 0.5) is 0 Å². The van der Waals surface area contributed by atoms with Crippen LogP contribution in [0.2, 0.25) is 0 Å². The molecule has 1 aliphatic heterocycles. The van der Waals surface area contributed by atoms with Crippen molar-refractivity contribution < 1.29 is 14.3 Å². The van der Waals surface area contributed by atoms with Crippen LogP contribution < -0.4 is 4.74 Å². The van der Waals surface area contributed by atoms with E-state index in [0.29, 0.717) is 38.2 Å². The molecule has 0 atom stereocenters. The Balaban J connectivity index is 1.59. The lowest BCUT2D eigenvalue weighted by atomic mass is 10.1. The van der Waals surface area contributed by atoms with Gasteiger partial charge in [0.1, 0.15) is 5.75 Å². The Bertz CT molecular complexity index is 764. The molecule has 2 amide bonds. The predicted octanol–water partition coefficient (Wildman–Crippen LogP) is 2.01. The van der Waals surface area contributed by atoms with E-state index >= 15 is 0 Å². The van der Waals surface area contributed by atoms with Crippen molar-refractivity contribution in [3.63, 3.8) is 0 Å². The van der Waals surface area contributed by atoms with Crippen LogP contribution in [0.5, 0.6) is 5.75 Å². The molecule has 2 heterocycles. The van der Waals surface area contributed by atoms with Gasteiger partial charge < -0.3 is 14.5 Å². The molecule has 136 valence electrons. The van der Waals surface area contributed by atoms with Crippen molar-refractivity contribution in [1.82, 2.24) is 14.8 Å². The highest BCUT2D eigenvalue weighted by atomic mass is 16.5. The summed E-state index contributed by atoms with van der Waals surface area (Å²) in [6.07, 6.45) is 4.35. The first kappa shape index (κ1) is 17.9. The maximum atomic E-state index is 12.6. The highest BCUT2D eigenvalue weighted by molar-refractivity contribution is 5.94. The molecular formula is C20H23N3O3. The van der Waals surface area contributed by atoms with Gasteiger partial charge in [-0.2, -0.15) is 0 Å². The van der Waals surface area contributed by atoms with Crippen LogP contribution in [-0.4, -0.2) is 59.9 Å². The number of nitrogens with zero attached hydrogens (tertiary/aromatic N) is 3. The van der Waals surface area contributed by atoms with Crippen LogP contribution in [0, 0.1) is 0 Å². The van der Waals surface area contributed by atoms with E-state index in [2.05, 4.69) is 4.98 Å². The molecule has 0 bridgehead atoms. The molecule has 1 fully saturated rings. The second kappa shape index (κ2) is 8.47. The molecule has 1 aromatic carbocycles. The Morgan fingerprint density at radius 2 is 1.88 bits per heavy atom. The molecule has 0 aliphatic carbocycles. The second-order valence-electron chi connectivity index (χ2n) is 6.30. The number of amides is 2. The van der Waals surface area contributed by atoms with Crippen molar-refractivity contribution in [3.05, 3.63) is 59.9 Å². The molecule has 6 heteroatoms. The van der Waals surface area contributed by atoms with Gasteiger partial charge in [0.15, 0.2) is 0 Å². The maximum Gasteiger partial charge on any atom is 0.255 e. The van der Waals surface area contributed by atoms with Crippen molar-refractivity contribution in [2.24, 2.45) is 0 Å². The third kappa shape index (κ3) is 4.39. The summed E-state index contributed by atoms with van der Waals surface area (Å²) in [6.45, 7) is 2.41. The molecule has 1 saturated heterocycles. The minimum absolute atomic E-state index is 0.0276. The first-order valence-electron chi connectivity index (χ1n) is 8.77. The van der Waals surface area contributed by atoms with Gasteiger partial charge in [0.05, 0.1) is 19.1 Å². The number of carbonyl (C=O) groups is 2. The Hall–Kier alpha value is -2.89. The summed E-state index contributed by atoms with van der Waals surface area (Å²) in [6, 6.07) is 11.1. The van der Waals surface area contributed by atoms with Gasteiger partial charge >= 0.3 is 0 Å². The van der Waals surface area contributed by atoms with E-state index in [4.69, 9.17) is 4.74 Å². The maximum absolute atomic E-state index is 12.6. The number of aromatic nitrogens is 1. The van der Waals surface area contributed by atoms with E-state index in [1.165, 1.54) is 0 Å². The van der Waals surface area contributed by atoms with Gasteiger partial charge in [-0.15, -0.1) is 0 Å². The molecule has 1 aliphatic rings. The number of hydrogen-bond donors (Lipinski definition) is 0. The van der Waals surface area contributed by atoms with Crippen molar-refractivity contribution in [1.29, 1.82) is 0 Å². The first-order valence-corrected chi connectivity index (χ1v) is 8.77. The minimum Gasteiger partial charge on any atom is -0.497 e. The topological polar surface area (TPSA) is 62.7 Å². The highest BCUT2D eigenvalue weighted by Crippen LogP contribution is 2.15. The van der Waals surface area contributed by atoms with E-state index < -0.39 is 0 Å². The number of rotatable bonds is 4. The normalized spacial score (nSPS) is 14.7. The van der Waals surface area contributed by atoms with Gasteiger partial charge in [-0.3, -0.25) is 14.6 Å². The van der Waals surface area contributed by atoms with Gasteiger partial charge in [-0.25, -0.2) is 0 Å². The lowest BCUT2D eigenvalue weighted by Crippen LogP contribution is -2.38. The zero-order valence-corrected chi connectivity index (χ0v) is 14.9. The number of hydrogen-bond acceptors (Lipinski definition) is 4. The summed E-state index contributed by atoms with van der Waals surface area (Å²) >= 11 is 0. The fourth-order valence-electron chi connectivity index (χ4n) is 3.11. The lowest BCUT2D eigenvalue weighted by Gasteiger charge is -2.22. The van der Waals surface area contributed by atoms with E-state index in [-0.39, 0.29) is 11.8 Å². The summed E-state index contributed by atoms with van der Waals surface area (Å²) in [5.74, 6) is 0.800. The Morgan fingerprint density at radius 3 is 2.65 bits per heavy atom. The van der Waals surface area contributed by atoms with Crippen molar-refractivity contribution in [2.75, 3.05) is 33.3 Å². The molecule has 1 aromatic heterocycles. The fourth-order valence-corrected chi connectivity index (χ4v) is 3.11. The molecule has 0 unspecified atom stereocenters. The van der Waals surface area contributed by atoms with Crippen molar-refractivity contribution in [2.45, 2.75) is 12.8 Å². The molecule has 2 aromatic rings. The van der Waals surface area contributed by atoms with Crippen LogP contribution in [-0.2, 0) is 11.2 Å². The molecule has 0 N–H and O–H groups in total. The third-order valence-electron chi connectivity index (χ3n) is 4.53. The zero-order valence-electron chi connectivity index (χ0n) is 14.9. The van der Waals surface area contributed by atoms with Crippen molar-refractivity contribution >= 4 is 11.8 Å². The number of carbonyl (C=O) groups excluding carboxylic acids is 2. The SMILES string of the molecule is COc1cccc(CC(=O)N2CCCN(C(=O)c3cccnc3)CC2)c1. The molecule has 6 nitrogen and oxygen atoms in total. The average Bonchev–Trinajstić information content (AvgIpc) is 2.94. The van der Waals surface area contributed by atoms with Crippen LogP contribution in [0.25, 0.3) is 0 Å². The third-order valence-corrected chi connectivity index (χ3v) is 4.53. The summed E-state index contributed by atoms with van der Waals surface area (Å²) < 4.78 is 5.21. The number of ether oxygens (including phenoxy) is 1. The summed E-state index contributed by atoms with van der Waals surface area (Å²) in [5, 5.41) is 0. The number of methoxy groups -OCH3 is 1. The largest absolute Gasteiger partial charge is 0.497 e. The van der Waals surface area contributed by atoms with Crippen LogP contribution in [0.1, 0.15) is 22.3 Å². The number of pyridine rings is 1. The molecule has 0 radical (unpaired) electrons. The van der Waals surface area contributed by atoms with Gasteiger partial charge in [-0.05, 0) is 36.2 Å². The highest BCUT2D eigenvalue weighted by Gasteiger charge is 2.23. The average molecular weight is 353 g/mol. The van der Waals surface area contributed by atoms with Gasteiger partial charge in [0, 0.05) is 38.6 Å². The standard InChI is InChI=1S/C20H23N3O3/c1-26-18-7-2-5-16(13-18)14-19(24)22-9-4-10-23(12-11-22)20(25)17-6-3-8-21-15-17/h2-3,5-8,13,15H,4,9-12,14H2,1H3. The molecule has 0 spiro atoms. The molecule has 3 rings (SSSR count). The minimum atomic E-state index is -0.0276. The number of benzene rings is 1. The molecule has 26 heavy (non-hydrogen) atoms. The predicted molar refractivity (Wildman–Crippen MR) is 98.0 cm³/mol. The summed E-state index contributed by atoms with van der Waals surface area (Å²) in [5.41, 5.74) is 1.52. The monoisotopic (exact) mass is 353 g/mol. The zero-order chi connectivity index (χ0) is 18.4. The lowest BCUT2D eigenvalue weighted by molar-refractivity contribution is -0.130. The van der Waals surface area contributed by atoms with Gasteiger partial charge in [0.25, 0.3) is 5.91 Å².